The van der Waals surface area contributed by atoms with Gasteiger partial charge in [-0.3, -0.25) is 0 Å². The second-order valence-electron chi connectivity index (χ2n) is 4.40. The average molecular weight is 273 g/mol. The quantitative estimate of drug-likeness (QED) is 0.846. The van der Waals surface area contributed by atoms with Crippen LogP contribution in [-0.4, -0.2) is 28.2 Å². The number of benzene rings is 1. The number of aliphatic hydroxyl groups excluding tert-OH is 1. The highest BCUT2D eigenvalue weighted by atomic mass is 16.5. The van der Waals surface area contributed by atoms with E-state index in [0.717, 1.165) is 29.2 Å². The largest absolute Gasteiger partial charge is 0.439 e. The van der Waals surface area contributed by atoms with Gasteiger partial charge in [-0.25, -0.2) is 9.97 Å². The predicted octanol–water partition coefficient (Wildman–Crippen LogP) is 2.54. The first-order chi connectivity index (χ1) is 9.74. The molecule has 0 aliphatic rings. The molecule has 2 N–H and O–H groups in total. The normalized spacial score (nSPS) is 10.3. The number of nitrogens with one attached hydrogen (secondary N) is 1. The fourth-order valence-electron chi connectivity index (χ4n) is 1.85. The molecule has 106 valence electrons. The third-order valence-corrected chi connectivity index (χ3v) is 2.92. The highest BCUT2D eigenvalue weighted by molar-refractivity contribution is 5.48. The summed E-state index contributed by atoms with van der Waals surface area (Å²) in [5.74, 6) is 2.05. The van der Waals surface area contributed by atoms with Gasteiger partial charge in [0.25, 0.3) is 0 Å². The van der Waals surface area contributed by atoms with Gasteiger partial charge in [-0.05, 0) is 38.0 Å². The number of rotatable bonds is 6. The van der Waals surface area contributed by atoms with Crippen LogP contribution in [0.4, 0.5) is 5.82 Å². The highest BCUT2D eigenvalue weighted by Crippen LogP contribution is 2.26. The number of aliphatic hydroxyl groups is 1. The number of hydrogen-bond donors (Lipinski definition) is 2. The summed E-state index contributed by atoms with van der Waals surface area (Å²) in [6.07, 6.45) is 2.14. The molecule has 0 aliphatic heterocycles. The molecular formula is C15H19N3O2. The molecule has 20 heavy (non-hydrogen) atoms. The molecule has 0 unspecified atom stereocenters. The Morgan fingerprint density at radius 1 is 1.20 bits per heavy atom. The van der Waals surface area contributed by atoms with Crippen LogP contribution in [0.1, 0.15) is 18.1 Å². The van der Waals surface area contributed by atoms with Crippen LogP contribution in [0.2, 0.25) is 0 Å². The summed E-state index contributed by atoms with van der Waals surface area (Å²) in [5, 5.41) is 12.1. The minimum absolute atomic E-state index is 0.150. The van der Waals surface area contributed by atoms with E-state index in [-0.39, 0.29) is 6.61 Å². The summed E-state index contributed by atoms with van der Waals surface area (Å²) in [4.78, 5) is 8.34. The molecule has 1 heterocycles. The van der Waals surface area contributed by atoms with Gasteiger partial charge in [0.15, 0.2) is 0 Å². The van der Waals surface area contributed by atoms with Crippen molar-refractivity contribution in [1.29, 1.82) is 0 Å². The van der Waals surface area contributed by atoms with Crippen molar-refractivity contribution < 1.29 is 9.84 Å². The standard InChI is InChI=1S/C15H19N3O2/c1-3-16-14-11(2)15(18-10-17-14)20-13-6-4-12(5-7-13)8-9-19/h4-7,10,19H,3,8-9H2,1-2H3,(H,16,17,18). The van der Waals surface area contributed by atoms with Crippen LogP contribution in [-0.2, 0) is 6.42 Å². The zero-order valence-electron chi connectivity index (χ0n) is 11.8. The molecule has 1 aromatic carbocycles. The lowest BCUT2D eigenvalue weighted by Gasteiger charge is -2.11. The summed E-state index contributed by atoms with van der Waals surface area (Å²) in [7, 11) is 0. The van der Waals surface area contributed by atoms with Crippen molar-refractivity contribution in [2.45, 2.75) is 20.3 Å². The van der Waals surface area contributed by atoms with E-state index in [9.17, 15) is 0 Å². The van der Waals surface area contributed by atoms with Gasteiger partial charge in [0.05, 0.1) is 5.56 Å². The first-order valence-corrected chi connectivity index (χ1v) is 6.67. The third kappa shape index (κ3) is 3.45. The van der Waals surface area contributed by atoms with Crippen LogP contribution in [0.5, 0.6) is 11.6 Å². The van der Waals surface area contributed by atoms with Crippen molar-refractivity contribution in [3.8, 4) is 11.6 Å². The highest BCUT2D eigenvalue weighted by Gasteiger charge is 2.08. The first-order valence-electron chi connectivity index (χ1n) is 6.67. The Morgan fingerprint density at radius 3 is 2.60 bits per heavy atom. The lowest BCUT2D eigenvalue weighted by molar-refractivity contribution is 0.299. The summed E-state index contributed by atoms with van der Waals surface area (Å²) < 4.78 is 5.78. The molecule has 0 aliphatic carbocycles. The molecule has 0 fully saturated rings. The molecule has 0 saturated heterocycles. The minimum Gasteiger partial charge on any atom is -0.439 e. The van der Waals surface area contributed by atoms with Crippen molar-refractivity contribution in [1.82, 2.24) is 9.97 Å². The Hall–Kier alpha value is -2.14. The van der Waals surface area contributed by atoms with E-state index < -0.39 is 0 Å². The van der Waals surface area contributed by atoms with Gasteiger partial charge >= 0.3 is 0 Å². The smallest absolute Gasteiger partial charge is 0.227 e. The number of nitrogens with zero attached hydrogens (tertiary/aromatic N) is 2. The van der Waals surface area contributed by atoms with Crippen molar-refractivity contribution in [3.05, 3.63) is 41.7 Å². The fourth-order valence-corrected chi connectivity index (χ4v) is 1.85. The van der Waals surface area contributed by atoms with Crippen molar-refractivity contribution in [2.75, 3.05) is 18.5 Å². The number of aromatic nitrogens is 2. The summed E-state index contributed by atoms with van der Waals surface area (Å²) in [6, 6.07) is 7.62. The van der Waals surface area contributed by atoms with E-state index in [1.807, 2.05) is 38.1 Å². The molecule has 0 spiro atoms. The molecule has 0 bridgehead atoms. The fraction of sp³-hybridized carbons (Fsp3) is 0.333. The van der Waals surface area contributed by atoms with Gasteiger partial charge in [0.1, 0.15) is 17.9 Å². The first kappa shape index (κ1) is 14.3. The Labute approximate surface area is 118 Å². The SMILES string of the molecule is CCNc1ncnc(Oc2ccc(CCO)cc2)c1C. The van der Waals surface area contributed by atoms with E-state index in [1.165, 1.54) is 6.33 Å². The van der Waals surface area contributed by atoms with Gasteiger partial charge in [0.2, 0.25) is 5.88 Å². The van der Waals surface area contributed by atoms with E-state index >= 15 is 0 Å². The topological polar surface area (TPSA) is 67.3 Å². The van der Waals surface area contributed by atoms with Gasteiger partial charge in [-0.2, -0.15) is 0 Å². The second-order valence-corrected chi connectivity index (χ2v) is 4.40. The van der Waals surface area contributed by atoms with Crippen molar-refractivity contribution in [2.24, 2.45) is 0 Å². The molecule has 0 amide bonds. The predicted molar refractivity (Wildman–Crippen MR) is 78.2 cm³/mol. The molecule has 0 atom stereocenters. The molecule has 5 heteroatoms. The number of anilines is 1. The van der Waals surface area contributed by atoms with E-state index in [2.05, 4.69) is 15.3 Å². The molecular weight excluding hydrogens is 254 g/mol. The lowest BCUT2D eigenvalue weighted by atomic mass is 10.1. The Balaban J connectivity index is 2.15. The minimum atomic E-state index is 0.150. The van der Waals surface area contributed by atoms with Gasteiger partial charge in [-0.1, -0.05) is 12.1 Å². The number of hydrogen-bond acceptors (Lipinski definition) is 5. The van der Waals surface area contributed by atoms with Crippen LogP contribution in [0, 0.1) is 6.92 Å². The van der Waals surface area contributed by atoms with Crippen LogP contribution in [0.3, 0.4) is 0 Å². The molecule has 2 aromatic rings. The maximum atomic E-state index is 8.89. The molecule has 2 rings (SSSR count). The van der Waals surface area contributed by atoms with E-state index in [0.29, 0.717) is 12.3 Å². The van der Waals surface area contributed by atoms with Crippen LogP contribution < -0.4 is 10.1 Å². The zero-order chi connectivity index (χ0) is 14.4. The maximum Gasteiger partial charge on any atom is 0.227 e. The maximum absolute atomic E-state index is 8.89. The van der Waals surface area contributed by atoms with Crippen molar-refractivity contribution in [3.63, 3.8) is 0 Å². The summed E-state index contributed by atoms with van der Waals surface area (Å²) in [6.45, 7) is 4.89. The van der Waals surface area contributed by atoms with Crippen LogP contribution in [0.15, 0.2) is 30.6 Å². The lowest BCUT2D eigenvalue weighted by Crippen LogP contribution is -2.03. The van der Waals surface area contributed by atoms with E-state index in [1.54, 1.807) is 0 Å². The molecule has 5 nitrogen and oxygen atoms in total. The molecule has 1 aromatic heterocycles. The Morgan fingerprint density at radius 2 is 1.95 bits per heavy atom. The molecule has 0 saturated carbocycles. The van der Waals surface area contributed by atoms with Gasteiger partial charge in [0, 0.05) is 13.2 Å². The van der Waals surface area contributed by atoms with Gasteiger partial charge < -0.3 is 15.2 Å². The third-order valence-electron chi connectivity index (χ3n) is 2.92. The summed E-state index contributed by atoms with van der Waals surface area (Å²) in [5.41, 5.74) is 1.96. The second kappa shape index (κ2) is 6.86. The number of ether oxygens (including phenoxy) is 1. The Bertz CT molecular complexity index is 556. The zero-order valence-corrected chi connectivity index (χ0v) is 11.8. The van der Waals surface area contributed by atoms with Crippen molar-refractivity contribution >= 4 is 5.82 Å². The average Bonchev–Trinajstić information content (AvgIpc) is 2.46. The summed E-state index contributed by atoms with van der Waals surface area (Å²) >= 11 is 0. The Kier molecular flexibility index (Phi) is 4.90. The van der Waals surface area contributed by atoms with Gasteiger partial charge in [-0.15, -0.1) is 0 Å². The van der Waals surface area contributed by atoms with E-state index in [4.69, 9.17) is 9.84 Å². The monoisotopic (exact) mass is 273 g/mol. The molecule has 0 radical (unpaired) electrons. The van der Waals surface area contributed by atoms with Crippen LogP contribution >= 0.6 is 0 Å². The van der Waals surface area contributed by atoms with Crippen LogP contribution in [0.25, 0.3) is 0 Å².